The van der Waals surface area contributed by atoms with Crippen molar-refractivity contribution in [1.29, 1.82) is 0 Å². The van der Waals surface area contributed by atoms with E-state index < -0.39 is 0 Å². The van der Waals surface area contributed by atoms with E-state index >= 15 is 0 Å². The topological polar surface area (TPSA) is 0 Å². The summed E-state index contributed by atoms with van der Waals surface area (Å²) >= 11 is 7.44. The van der Waals surface area contributed by atoms with Crippen LogP contribution in [0.25, 0.3) is 0 Å². The molecule has 1 rings (SSSR count). The van der Waals surface area contributed by atoms with Gasteiger partial charge in [0.05, 0.1) is 0 Å². The Kier molecular flexibility index (Phi) is 4.82. The quantitative estimate of drug-likeness (QED) is 0.536. The third-order valence-electron chi connectivity index (χ3n) is 2.22. The van der Waals surface area contributed by atoms with Gasteiger partial charge >= 0.3 is 94.3 Å². The summed E-state index contributed by atoms with van der Waals surface area (Å²) < 4.78 is 0.851. The molecule has 0 bridgehead atoms. The molecule has 0 amide bonds. The molecule has 4 heteroatoms. The van der Waals surface area contributed by atoms with Crippen LogP contribution in [-0.2, 0) is 0 Å². The second-order valence-corrected chi connectivity index (χ2v) is 9.89. The van der Waals surface area contributed by atoms with E-state index in [0.717, 1.165) is 17.5 Å². The molecule has 0 nitrogen and oxygen atoms in total. The standard InChI is InChI=1S/C8H16PS2Se/c1-8(2,3)6-4-10-7(9-12)11-5-6/h6-7,9H,4-5H2,1-3H3/q-1. The van der Waals surface area contributed by atoms with Gasteiger partial charge in [-0.25, -0.2) is 0 Å². The van der Waals surface area contributed by atoms with Crippen molar-refractivity contribution in [3.05, 3.63) is 0 Å². The molecule has 0 aliphatic carbocycles. The fraction of sp³-hybridized carbons (Fsp3) is 1.00. The van der Waals surface area contributed by atoms with Crippen LogP contribution in [0.4, 0.5) is 0 Å². The van der Waals surface area contributed by atoms with Crippen molar-refractivity contribution in [2.45, 2.75) is 25.1 Å². The Morgan fingerprint density at radius 3 is 2.08 bits per heavy atom. The molecule has 0 aromatic rings. The summed E-state index contributed by atoms with van der Waals surface area (Å²) in [4.78, 5) is 0. The molecule has 0 spiro atoms. The van der Waals surface area contributed by atoms with Crippen molar-refractivity contribution in [2.75, 3.05) is 11.5 Å². The van der Waals surface area contributed by atoms with E-state index in [4.69, 9.17) is 0 Å². The van der Waals surface area contributed by atoms with E-state index in [1.807, 2.05) is 0 Å². The first-order valence-electron chi connectivity index (χ1n) is 4.15. The van der Waals surface area contributed by atoms with Gasteiger partial charge in [0, 0.05) is 0 Å². The second-order valence-electron chi connectivity index (χ2n) is 4.18. The van der Waals surface area contributed by atoms with Gasteiger partial charge in [0.15, 0.2) is 0 Å². The molecule has 1 saturated heterocycles. The van der Waals surface area contributed by atoms with Gasteiger partial charge in [-0.15, -0.1) is 0 Å². The maximum absolute atomic E-state index is 3.15. The molecule has 1 unspecified atom stereocenters. The van der Waals surface area contributed by atoms with Crippen molar-refractivity contribution in [2.24, 2.45) is 11.3 Å². The third-order valence-corrected chi connectivity index (χ3v) is 10.2. The average molecular weight is 286 g/mol. The summed E-state index contributed by atoms with van der Waals surface area (Å²) in [7, 11) is 0.981. The monoisotopic (exact) mass is 287 g/mol. The normalized spacial score (nSPS) is 33.0. The van der Waals surface area contributed by atoms with Crippen LogP contribution in [-0.4, -0.2) is 31.4 Å². The van der Waals surface area contributed by atoms with E-state index in [2.05, 4.69) is 59.9 Å². The van der Waals surface area contributed by atoms with Gasteiger partial charge in [0.2, 0.25) is 0 Å². The molecule has 0 N–H and O–H groups in total. The van der Waals surface area contributed by atoms with Gasteiger partial charge in [0.25, 0.3) is 0 Å². The molecule has 72 valence electrons. The number of thioether (sulfide) groups is 2. The summed E-state index contributed by atoms with van der Waals surface area (Å²) in [5.74, 6) is 3.62. The molecule has 0 radical (unpaired) electrons. The van der Waals surface area contributed by atoms with Crippen LogP contribution in [0.1, 0.15) is 20.8 Å². The van der Waals surface area contributed by atoms with Crippen LogP contribution in [0.5, 0.6) is 0 Å². The van der Waals surface area contributed by atoms with Gasteiger partial charge < -0.3 is 0 Å². The Morgan fingerprint density at radius 2 is 1.75 bits per heavy atom. The zero-order valence-corrected chi connectivity index (χ0v) is 12.1. The van der Waals surface area contributed by atoms with E-state index in [-0.39, 0.29) is 0 Å². The van der Waals surface area contributed by atoms with Crippen LogP contribution in [0.3, 0.4) is 0 Å². The predicted molar refractivity (Wildman–Crippen MR) is 65.7 cm³/mol. The molecular weight excluding hydrogens is 270 g/mol. The minimum atomic E-state index is 0.505. The van der Waals surface area contributed by atoms with Gasteiger partial charge in [-0.2, -0.15) is 0 Å². The minimum absolute atomic E-state index is 0.505. The van der Waals surface area contributed by atoms with Crippen LogP contribution in [0.15, 0.2) is 0 Å². The average Bonchev–Trinajstić information content (AvgIpc) is 2.03. The van der Waals surface area contributed by atoms with Crippen LogP contribution in [0.2, 0.25) is 0 Å². The molecule has 1 fully saturated rings. The van der Waals surface area contributed by atoms with E-state index in [1.165, 1.54) is 11.5 Å². The Balaban J connectivity index is 2.36. The first kappa shape index (κ1) is 11.7. The summed E-state index contributed by atoms with van der Waals surface area (Å²) in [6.07, 6.45) is 0. The molecule has 1 heterocycles. The molecule has 1 aliphatic heterocycles. The van der Waals surface area contributed by atoms with Gasteiger partial charge in [-0.1, -0.05) is 0 Å². The van der Waals surface area contributed by atoms with Gasteiger partial charge in [0.1, 0.15) is 0 Å². The molecule has 1 atom stereocenters. The van der Waals surface area contributed by atoms with Crippen LogP contribution in [0, 0.1) is 11.3 Å². The molecule has 0 aromatic carbocycles. The van der Waals surface area contributed by atoms with Gasteiger partial charge in [-0.3, -0.25) is 0 Å². The maximum atomic E-state index is 3.15. The van der Waals surface area contributed by atoms with Crippen molar-refractivity contribution in [3.8, 4) is 0 Å². The van der Waals surface area contributed by atoms with Crippen molar-refractivity contribution in [3.63, 3.8) is 0 Å². The third kappa shape index (κ3) is 3.42. The van der Waals surface area contributed by atoms with Crippen molar-refractivity contribution < 1.29 is 0 Å². The predicted octanol–water partition coefficient (Wildman–Crippen LogP) is 3.17. The summed E-state index contributed by atoms with van der Waals surface area (Å²) in [6, 6.07) is 0. The van der Waals surface area contributed by atoms with E-state index in [1.54, 1.807) is 0 Å². The number of hydrogen-bond acceptors (Lipinski definition) is 2. The number of rotatable bonds is 1. The van der Waals surface area contributed by atoms with E-state index in [9.17, 15) is 0 Å². The SMILES string of the molecule is CC(C)(C)C1CSC(P[Se-])SC1. The van der Waals surface area contributed by atoms with E-state index in [0.29, 0.717) is 5.41 Å². The Hall–Kier alpha value is 1.65. The summed E-state index contributed by atoms with van der Waals surface area (Å²) in [5.41, 5.74) is 0.505. The molecule has 0 saturated carbocycles. The van der Waals surface area contributed by atoms with Crippen LogP contribution >= 0.6 is 30.8 Å². The fourth-order valence-corrected chi connectivity index (χ4v) is 7.82. The first-order chi connectivity index (χ1) is 5.54. The Bertz CT molecular complexity index is 138. The zero-order chi connectivity index (χ0) is 9.19. The molecular formula is C8H16PS2Se-. The molecule has 0 aromatic heterocycles. The van der Waals surface area contributed by atoms with Crippen molar-refractivity contribution in [1.82, 2.24) is 0 Å². The van der Waals surface area contributed by atoms with Gasteiger partial charge in [-0.05, 0) is 0 Å². The first-order valence-corrected chi connectivity index (χ1v) is 9.80. The van der Waals surface area contributed by atoms with Crippen molar-refractivity contribution >= 4 is 46.4 Å². The second kappa shape index (κ2) is 4.94. The molecule has 1 aliphatic rings. The van der Waals surface area contributed by atoms with Crippen LogP contribution < -0.4 is 0 Å². The Labute approximate surface area is 94.0 Å². The fourth-order valence-electron chi connectivity index (χ4n) is 1.07. The number of hydrogen-bond donors (Lipinski definition) is 0. The summed E-state index contributed by atoms with van der Waals surface area (Å²) in [6.45, 7) is 7.08. The Morgan fingerprint density at radius 1 is 1.25 bits per heavy atom. The summed E-state index contributed by atoms with van der Waals surface area (Å²) in [5, 5.41) is 0. The zero-order valence-electron chi connectivity index (χ0n) is 7.79. The molecule has 12 heavy (non-hydrogen) atoms.